The van der Waals surface area contributed by atoms with Crippen LogP contribution in [0.15, 0.2) is 53.6 Å². The molecular formula is C22H27FN4O4S2. The van der Waals surface area contributed by atoms with E-state index in [4.69, 9.17) is 0 Å². The van der Waals surface area contributed by atoms with Gasteiger partial charge in [-0.1, -0.05) is 18.2 Å². The molecule has 178 valence electrons. The maximum absolute atomic E-state index is 14.1. The number of thioether (sulfide) groups is 1. The maximum atomic E-state index is 14.1. The lowest BCUT2D eigenvalue weighted by Crippen LogP contribution is -2.51. The Morgan fingerprint density at radius 3 is 2.52 bits per heavy atom. The average Bonchev–Trinajstić information content (AvgIpc) is 2.82. The number of carbonyl (C=O) groups is 2. The summed E-state index contributed by atoms with van der Waals surface area (Å²) >= 11 is 1.49. The van der Waals surface area contributed by atoms with Gasteiger partial charge < -0.3 is 10.2 Å². The Hall–Kier alpha value is -2.50. The number of aromatic nitrogens is 1. The summed E-state index contributed by atoms with van der Waals surface area (Å²) in [6.45, 7) is 0.659. The van der Waals surface area contributed by atoms with Gasteiger partial charge in [-0.2, -0.15) is 16.5 Å². The van der Waals surface area contributed by atoms with Crippen LogP contribution in [0.1, 0.15) is 19.3 Å². The van der Waals surface area contributed by atoms with E-state index in [0.717, 1.165) is 6.07 Å². The van der Waals surface area contributed by atoms with Crippen molar-refractivity contribution in [1.82, 2.24) is 14.6 Å². The molecule has 11 heteroatoms. The van der Waals surface area contributed by atoms with Crippen molar-refractivity contribution in [3.63, 3.8) is 0 Å². The summed E-state index contributed by atoms with van der Waals surface area (Å²) in [4.78, 5) is 30.8. The fourth-order valence-electron chi connectivity index (χ4n) is 3.63. The molecule has 1 saturated heterocycles. The van der Waals surface area contributed by atoms with Crippen molar-refractivity contribution in [3.05, 3.63) is 54.5 Å². The van der Waals surface area contributed by atoms with Gasteiger partial charge in [-0.15, -0.1) is 0 Å². The predicted octanol–water partition coefficient (Wildman–Crippen LogP) is 2.50. The first-order valence-corrected chi connectivity index (χ1v) is 13.5. The summed E-state index contributed by atoms with van der Waals surface area (Å²) in [5.41, 5.74) is 0. The molecule has 1 aliphatic heterocycles. The van der Waals surface area contributed by atoms with Crippen LogP contribution in [0.25, 0.3) is 0 Å². The molecule has 0 radical (unpaired) electrons. The summed E-state index contributed by atoms with van der Waals surface area (Å²) in [6.07, 6.45) is 4.64. The second kappa shape index (κ2) is 11.6. The zero-order chi connectivity index (χ0) is 23.8. The normalized spacial score (nSPS) is 15.8. The van der Waals surface area contributed by atoms with Crippen molar-refractivity contribution in [2.45, 2.75) is 30.2 Å². The number of rotatable bonds is 9. The van der Waals surface area contributed by atoms with Crippen LogP contribution < -0.4 is 10.0 Å². The lowest BCUT2D eigenvalue weighted by Gasteiger charge is -2.33. The van der Waals surface area contributed by atoms with Gasteiger partial charge in [0, 0.05) is 25.2 Å². The van der Waals surface area contributed by atoms with Crippen molar-refractivity contribution in [3.8, 4) is 0 Å². The van der Waals surface area contributed by atoms with E-state index < -0.39 is 26.8 Å². The van der Waals surface area contributed by atoms with E-state index in [1.54, 1.807) is 29.3 Å². The van der Waals surface area contributed by atoms with Gasteiger partial charge in [0.1, 0.15) is 22.6 Å². The highest BCUT2D eigenvalue weighted by Gasteiger charge is 2.33. The minimum Gasteiger partial charge on any atom is -0.341 e. The second-order valence-corrected chi connectivity index (χ2v) is 10.4. The van der Waals surface area contributed by atoms with Crippen LogP contribution in [-0.4, -0.2) is 61.3 Å². The predicted molar refractivity (Wildman–Crippen MR) is 126 cm³/mol. The molecule has 8 nitrogen and oxygen atoms in total. The first kappa shape index (κ1) is 25.1. The SMILES string of the molecule is CSCCC(NS(=O)(=O)c1ccccc1F)C(=O)N1CCC(C(=O)Nc2ccccn2)CC1. The van der Waals surface area contributed by atoms with E-state index >= 15 is 0 Å². The van der Waals surface area contributed by atoms with Crippen molar-refractivity contribution < 1.29 is 22.4 Å². The Morgan fingerprint density at radius 1 is 1.18 bits per heavy atom. The Balaban J connectivity index is 1.63. The number of piperidine rings is 1. The molecule has 2 aromatic rings. The third-order valence-corrected chi connectivity index (χ3v) is 7.57. The van der Waals surface area contributed by atoms with Gasteiger partial charge in [0.05, 0.1) is 0 Å². The maximum Gasteiger partial charge on any atom is 0.244 e. The molecule has 3 rings (SSSR count). The van der Waals surface area contributed by atoms with E-state index in [2.05, 4.69) is 15.0 Å². The lowest BCUT2D eigenvalue weighted by molar-refractivity contribution is -0.136. The third kappa shape index (κ3) is 6.75. The zero-order valence-electron chi connectivity index (χ0n) is 18.2. The fourth-order valence-corrected chi connectivity index (χ4v) is 5.40. The molecule has 2 N–H and O–H groups in total. The van der Waals surface area contributed by atoms with E-state index in [-0.39, 0.29) is 24.2 Å². The zero-order valence-corrected chi connectivity index (χ0v) is 19.9. The molecule has 0 bridgehead atoms. The quantitative estimate of drug-likeness (QED) is 0.555. The van der Waals surface area contributed by atoms with Gasteiger partial charge in [-0.3, -0.25) is 9.59 Å². The Morgan fingerprint density at radius 2 is 1.88 bits per heavy atom. The summed E-state index contributed by atoms with van der Waals surface area (Å²) in [5.74, 6) is -0.635. The number of hydrogen-bond acceptors (Lipinski definition) is 6. The van der Waals surface area contributed by atoms with E-state index in [1.165, 1.54) is 30.0 Å². The standard InChI is InChI=1S/C22H27FN4O4S2/c1-32-15-11-18(26-33(30,31)19-7-3-2-6-17(19)23)22(29)27-13-9-16(10-14-27)21(28)25-20-8-4-5-12-24-20/h2-8,12,16,18,26H,9-11,13-15H2,1H3,(H,24,25,28). The number of halogens is 1. The number of nitrogens with one attached hydrogen (secondary N) is 2. The summed E-state index contributed by atoms with van der Waals surface area (Å²) in [6, 6.07) is 9.29. The van der Waals surface area contributed by atoms with Crippen LogP contribution >= 0.6 is 11.8 Å². The molecule has 2 heterocycles. The number of sulfonamides is 1. The Labute approximate surface area is 197 Å². The average molecular weight is 495 g/mol. The van der Waals surface area contributed by atoms with Crippen molar-refractivity contribution in [2.75, 3.05) is 30.4 Å². The Kier molecular flexibility index (Phi) is 8.81. The monoisotopic (exact) mass is 494 g/mol. The summed E-state index contributed by atoms with van der Waals surface area (Å²) < 4.78 is 41.9. The highest BCUT2D eigenvalue weighted by atomic mass is 32.2. The molecule has 0 aliphatic carbocycles. The topological polar surface area (TPSA) is 108 Å². The Bertz CT molecular complexity index is 1060. The molecule has 1 aliphatic rings. The van der Waals surface area contributed by atoms with Crippen molar-refractivity contribution in [2.24, 2.45) is 5.92 Å². The van der Waals surface area contributed by atoms with E-state index in [9.17, 15) is 22.4 Å². The van der Waals surface area contributed by atoms with Crippen LogP contribution in [0.4, 0.5) is 10.2 Å². The third-order valence-electron chi connectivity index (χ3n) is 5.43. The first-order chi connectivity index (χ1) is 15.8. The molecule has 1 aromatic heterocycles. The molecule has 1 atom stereocenters. The highest BCUT2D eigenvalue weighted by Crippen LogP contribution is 2.21. The highest BCUT2D eigenvalue weighted by molar-refractivity contribution is 7.98. The lowest BCUT2D eigenvalue weighted by atomic mass is 9.95. The van der Waals surface area contributed by atoms with Gasteiger partial charge in [-0.05, 0) is 55.5 Å². The molecule has 1 unspecified atom stereocenters. The van der Waals surface area contributed by atoms with Crippen molar-refractivity contribution >= 4 is 39.4 Å². The number of amides is 2. The van der Waals surface area contributed by atoms with Crippen LogP contribution in [0, 0.1) is 11.7 Å². The van der Waals surface area contributed by atoms with Crippen LogP contribution in [-0.2, 0) is 19.6 Å². The summed E-state index contributed by atoms with van der Waals surface area (Å²) in [5, 5.41) is 2.78. The fraction of sp³-hybridized carbons (Fsp3) is 0.409. The second-order valence-electron chi connectivity index (χ2n) is 7.69. The first-order valence-electron chi connectivity index (χ1n) is 10.6. The number of likely N-dealkylation sites (tertiary alicyclic amines) is 1. The molecule has 33 heavy (non-hydrogen) atoms. The molecule has 0 spiro atoms. The van der Waals surface area contributed by atoms with Gasteiger partial charge in [0.2, 0.25) is 21.8 Å². The smallest absolute Gasteiger partial charge is 0.244 e. The van der Waals surface area contributed by atoms with E-state index in [0.29, 0.717) is 37.5 Å². The van der Waals surface area contributed by atoms with Crippen molar-refractivity contribution in [1.29, 1.82) is 0 Å². The number of nitrogens with zero attached hydrogens (tertiary/aromatic N) is 2. The van der Waals surface area contributed by atoms with E-state index in [1.807, 2.05) is 6.26 Å². The number of pyridine rings is 1. The molecule has 1 fully saturated rings. The van der Waals surface area contributed by atoms with Gasteiger partial charge in [0.15, 0.2) is 0 Å². The molecule has 1 aromatic carbocycles. The minimum atomic E-state index is -4.22. The van der Waals surface area contributed by atoms with Gasteiger partial charge in [-0.25, -0.2) is 17.8 Å². The molecule has 2 amide bonds. The molecule has 0 saturated carbocycles. The van der Waals surface area contributed by atoms with Crippen LogP contribution in [0.5, 0.6) is 0 Å². The largest absolute Gasteiger partial charge is 0.341 e. The number of carbonyl (C=O) groups excluding carboxylic acids is 2. The minimum absolute atomic E-state index is 0.153. The number of hydrogen-bond donors (Lipinski definition) is 2. The number of benzene rings is 1. The van der Waals surface area contributed by atoms with Gasteiger partial charge in [0.25, 0.3) is 0 Å². The van der Waals surface area contributed by atoms with Gasteiger partial charge >= 0.3 is 0 Å². The summed E-state index contributed by atoms with van der Waals surface area (Å²) in [7, 11) is -4.22. The molecular weight excluding hydrogens is 467 g/mol. The van der Waals surface area contributed by atoms with Crippen LogP contribution in [0.3, 0.4) is 0 Å². The van der Waals surface area contributed by atoms with Crippen LogP contribution in [0.2, 0.25) is 0 Å². The number of anilines is 1.